The third-order valence-corrected chi connectivity index (χ3v) is 4.46. The molecule has 1 nitrogen and oxygen atoms in total. The van der Waals surface area contributed by atoms with Crippen molar-refractivity contribution < 1.29 is 13.6 Å². The molecule has 0 heterocycles. The van der Waals surface area contributed by atoms with Crippen molar-refractivity contribution in [2.75, 3.05) is 0 Å². The number of carbonyl (C=O) groups is 1. The van der Waals surface area contributed by atoms with Gasteiger partial charge in [0.2, 0.25) is 0 Å². The summed E-state index contributed by atoms with van der Waals surface area (Å²) in [6.07, 6.45) is -0.307. The van der Waals surface area contributed by atoms with Crippen LogP contribution in [0.3, 0.4) is 0 Å². The van der Waals surface area contributed by atoms with Crippen LogP contribution in [-0.4, -0.2) is 5.78 Å². The second-order valence-corrected chi connectivity index (χ2v) is 6.09. The third kappa shape index (κ3) is 3.15. The smallest absolute Gasteiger partial charge is 0.167 e. The first-order valence-corrected chi connectivity index (χ1v) is 7.40. The molecule has 2 aromatic carbocycles. The van der Waals surface area contributed by atoms with Gasteiger partial charge in [-0.05, 0) is 52.7 Å². The van der Waals surface area contributed by atoms with Crippen molar-refractivity contribution in [3.8, 4) is 0 Å². The molecule has 104 valence electrons. The first kappa shape index (κ1) is 15.3. The highest BCUT2D eigenvalue weighted by Gasteiger charge is 2.17. The van der Waals surface area contributed by atoms with Crippen LogP contribution in [0, 0.1) is 18.6 Å². The van der Waals surface area contributed by atoms with Gasteiger partial charge in [-0.1, -0.05) is 22.0 Å². The van der Waals surface area contributed by atoms with Crippen LogP contribution in [0.4, 0.5) is 8.78 Å². The summed E-state index contributed by atoms with van der Waals surface area (Å²) < 4.78 is 28.5. The molecule has 0 saturated carbocycles. The van der Waals surface area contributed by atoms with Gasteiger partial charge < -0.3 is 0 Å². The SMILES string of the molecule is Cc1cc(C(=O)Cc2c(F)ccc(Br)c2F)ccc1Br. The molecule has 0 fully saturated rings. The molecule has 0 saturated heterocycles. The van der Waals surface area contributed by atoms with Gasteiger partial charge >= 0.3 is 0 Å². The van der Waals surface area contributed by atoms with E-state index >= 15 is 0 Å². The van der Waals surface area contributed by atoms with E-state index < -0.39 is 11.6 Å². The quantitative estimate of drug-likeness (QED) is 0.507. The fourth-order valence-electron chi connectivity index (χ4n) is 1.81. The Morgan fingerprint density at radius 1 is 1.10 bits per heavy atom. The minimum absolute atomic E-state index is 0.147. The molecule has 0 unspecified atom stereocenters. The zero-order chi connectivity index (χ0) is 14.9. The summed E-state index contributed by atoms with van der Waals surface area (Å²) in [5.41, 5.74) is 1.11. The first-order chi connectivity index (χ1) is 9.40. The van der Waals surface area contributed by atoms with Crippen LogP contribution in [0.2, 0.25) is 0 Å². The monoisotopic (exact) mass is 402 g/mol. The zero-order valence-corrected chi connectivity index (χ0v) is 13.7. The molecule has 20 heavy (non-hydrogen) atoms. The number of hydrogen-bond acceptors (Lipinski definition) is 1. The van der Waals surface area contributed by atoms with E-state index in [4.69, 9.17) is 0 Å². The van der Waals surface area contributed by atoms with Crippen molar-refractivity contribution in [1.29, 1.82) is 0 Å². The van der Waals surface area contributed by atoms with Crippen molar-refractivity contribution in [2.45, 2.75) is 13.3 Å². The van der Waals surface area contributed by atoms with Gasteiger partial charge in [0.05, 0.1) is 4.47 Å². The molecule has 0 radical (unpaired) electrons. The van der Waals surface area contributed by atoms with Crippen LogP contribution >= 0.6 is 31.9 Å². The maximum Gasteiger partial charge on any atom is 0.167 e. The van der Waals surface area contributed by atoms with E-state index in [1.807, 2.05) is 6.92 Å². The molecule has 0 spiro atoms. The molecule has 0 bridgehead atoms. The Hall–Kier alpha value is -1.07. The number of benzene rings is 2. The maximum atomic E-state index is 13.8. The molecule has 2 aromatic rings. The topological polar surface area (TPSA) is 17.1 Å². The standard InChI is InChI=1S/C15H10Br2F2O/c1-8-6-9(2-3-11(8)16)14(20)7-10-13(18)5-4-12(17)15(10)19/h2-6H,7H2,1H3. The average molecular weight is 404 g/mol. The lowest BCUT2D eigenvalue weighted by molar-refractivity contribution is 0.0990. The van der Waals surface area contributed by atoms with Crippen molar-refractivity contribution in [3.63, 3.8) is 0 Å². The van der Waals surface area contributed by atoms with E-state index in [0.29, 0.717) is 5.56 Å². The van der Waals surface area contributed by atoms with E-state index in [9.17, 15) is 13.6 Å². The molecule has 5 heteroatoms. The number of ketones is 1. The zero-order valence-electron chi connectivity index (χ0n) is 10.5. The van der Waals surface area contributed by atoms with Crippen LogP contribution in [0.5, 0.6) is 0 Å². The largest absolute Gasteiger partial charge is 0.294 e. The third-order valence-electron chi connectivity index (χ3n) is 2.96. The van der Waals surface area contributed by atoms with E-state index in [-0.39, 0.29) is 22.2 Å². The van der Waals surface area contributed by atoms with Gasteiger partial charge in [-0.25, -0.2) is 8.78 Å². The lowest BCUT2D eigenvalue weighted by Gasteiger charge is -2.07. The van der Waals surface area contributed by atoms with Crippen LogP contribution < -0.4 is 0 Å². The highest BCUT2D eigenvalue weighted by molar-refractivity contribution is 9.10. The summed E-state index contributed by atoms with van der Waals surface area (Å²) in [7, 11) is 0. The van der Waals surface area contributed by atoms with Gasteiger partial charge in [0.1, 0.15) is 11.6 Å². The summed E-state index contributed by atoms with van der Waals surface area (Å²) >= 11 is 6.33. The molecule has 0 N–H and O–H groups in total. The van der Waals surface area contributed by atoms with Gasteiger partial charge in [-0.3, -0.25) is 4.79 Å². The predicted molar refractivity (Wildman–Crippen MR) is 81.0 cm³/mol. The first-order valence-electron chi connectivity index (χ1n) is 5.82. The number of Topliss-reactive ketones (excluding diaryl/α,β-unsaturated/α-hetero) is 1. The molecule has 0 atom stereocenters. The summed E-state index contributed by atoms with van der Waals surface area (Å²) in [4.78, 5) is 12.1. The summed E-state index contributed by atoms with van der Waals surface area (Å²) in [5.74, 6) is -1.77. The predicted octanol–water partition coefficient (Wildman–Crippen LogP) is 5.22. The second kappa shape index (κ2) is 6.14. The molecule has 0 aliphatic carbocycles. The fraction of sp³-hybridized carbons (Fsp3) is 0.133. The minimum Gasteiger partial charge on any atom is -0.294 e. The molecule has 2 rings (SSSR count). The van der Waals surface area contributed by atoms with E-state index in [1.165, 1.54) is 6.07 Å². The van der Waals surface area contributed by atoms with Crippen molar-refractivity contribution in [1.82, 2.24) is 0 Å². The Labute approximate surface area is 132 Å². The Bertz CT molecular complexity index is 684. The second-order valence-electron chi connectivity index (χ2n) is 4.39. The Balaban J connectivity index is 2.32. The fourth-order valence-corrected chi connectivity index (χ4v) is 2.43. The van der Waals surface area contributed by atoms with E-state index in [0.717, 1.165) is 16.1 Å². The number of aryl methyl sites for hydroxylation is 1. The Kier molecular flexibility index (Phi) is 4.70. The van der Waals surface area contributed by atoms with Gasteiger partial charge in [-0.15, -0.1) is 0 Å². The number of carbonyl (C=O) groups excluding carboxylic acids is 1. The van der Waals surface area contributed by atoms with Crippen LogP contribution in [0.1, 0.15) is 21.5 Å². The van der Waals surface area contributed by atoms with Crippen molar-refractivity contribution in [3.05, 3.63) is 67.6 Å². The average Bonchev–Trinajstić information content (AvgIpc) is 2.42. The Morgan fingerprint density at radius 2 is 1.75 bits per heavy atom. The molecular formula is C15H10Br2F2O. The van der Waals surface area contributed by atoms with Crippen LogP contribution in [-0.2, 0) is 6.42 Å². The minimum atomic E-state index is -0.729. The molecular weight excluding hydrogens is 394 g/mol. The van der Waals surface area contributed by atoms with E-state index in [1.54, 1.807) is 18.2 Å². The highest BCUT2D eigenvalue weighted by Crippen LogP contribution is 2.24. The summed E-state index contributed by atoms with van der Waals surface area (Å²) in [5, 5.41) is 0. The molecule has 0 aromatic heterocycles. The van der Waals surface area contributed by atoms with Crippen molar-refractivity contribution in [2.24, 2.45) is 0 Å². The van der Waals surface area contributed by atoms with Crippen LogP contribution in [0.25, 0.3) is 0 Å². The van der Waals surface area contributed by atoms with Gasteiger partial charge in [-0.2, -0.15) is 0 Å². The number of halogens is 4. The Morgan fingerprint density at radius 3 is 2.40 bits per heavy atom. The molecule has 0 amide bonds. The number of rotatable bonds is 3. The molecule has 0 aliphatic rings. The summed E-state index contributed by atoms with van der Waals surface area (Å²) in [6, 6.07) is 7.49. The van der Waals surface area contributed by atoms with Gasteiger partial charge in [0, 0.05) is 22.0 Å². The summed E-state index contributed by atoms with van der Waals surface area (Å²) in [6.45, 7) is 1.85. The lowest BCUT2D eigenvalue weighted by Crippen LogP contribution is -2.08. The normalized spacial score (nSPS) is 10.7. The van der Waals surface area contributed by atoms with Gasteiger partial charge in [0.25, 0.3) is 0 Å². The van der Waals surface area contributed by atoms with E-state index in [2.05, 4.69) is 31.9 Å². The maximum absolute atomic E-state index is 13.8. The van der Waals surface area contributed by atoms with Crippen molar-refractivity contribution >= 4 is 37.6 Å². The lowest BCUT2D eigenvalue weighted by atomic mass is 10.0. The number of hydrogen-bond donors (Lipinski definition) is 0. The molecule has 0 aliphatic heterocycles. The van der Waals surface area contributed by atoms with Gasteiger partial charge in [0.15, 0.2) is 5.78 Å². The van der Waals surface area contributed by atoms with Crippen LogP contribution in [0.15, 0.2) is 39.3 Å². The highest BCUT2D eigenvalue weighted by atomic mass is 79.9.